The lowest BCUT2D eigenvalue weighted by atomic mass is 10.3. The van der Waals surface area contributed by atoms with Crippen LogP contribution < -0.4 is 10.5 Å². The predicted molar refractivity (Wildman–Crippen MR) is 76.8 cm³/mol. The summed E-state index contributed by atoms with van der Waals surface area (Å²) in [6.07, 6.45) is 2.11. The van der Waals surface area contributed by atoms with E-state index in [1.807, 2.05) is 0 Å². The van der Waals surface area contributed by atoms with E-state index in [9.17, 15) is 12.8 Å². The number of nitrogens with zero attached hydrogens (tertiary/aromatic N) is 1. The molecule has 9 heteroatoms. The van der Waals surface area contributed by atoms with Crippen molar-refractivity contribution in [3.05, 3.63) is 39.6 Å². The van der Waals surface area contributed by atoms with E-state index in [-0.39, 0.29) is 22.2 Å². The molecule has 0 aliphatic carbocycles. The smallest absolute Gasteiger partial charge is 0.242 e. The van der Waals surface area contributed by atoms with Crippen molar-refractivity contribution in [2.75, 3.05) is 12.3 Å². The molecule has 0 radical (unpaired) electrons. The molecule has 2 aromatic rings. The maximum absolute atomic E-state index is 13.2. The van der Waals surface area contributed by atoms with Gasteiger partial charge in [-0.05, 0) is 12.1 Å². The highest BCUT2D eigenvalue weighted by atomic mass is 35.5. The topological polar surface area (TPSA) is 85.1 Å². The predicted octanol–water partition coefficient (Wildman–Crippen LogP) is 2.04. The van der Waals surface area contributed by atoms with Gasteiger partial charge in [-0.3, -0.25) is 0 Å². The van der Waals surface area contributed by atoms with E-state index in [1.54, 1.807) is 11.6 Å². The average molecular weight is 336 g/mol. The Morgan fingerprint density at radius 2 is 2.20 bits per heavy atom. The van der Waals surface area contributed by atoms with Gasteiger partial charge in [0.1, 0.15) is 10.7 Å². The van der Waals surface area contributed by atoms with Crippen molar-refractivity contribution in [2.45, 2.75) is 11.3 Å². The SMILES string of the molecule is Nc1cc(S(=O)(=O)NCCc2nccs2)c(Cl)cc1F. The average Bonchev–Trinajstić information content (AvgIpc) is 2.86. The van der Waals surface area contributed by atoms with Gasteiger partial charge in [-0.2, -0.15) is 0 Å². The molecule has 0 saturated heterocycles. The van der Waals surface area contributed by atoms with Crippen LogP contribution in [-0.4, -0.2) is 19.9 Å². The Balaban J connectivity index is 2.12. The molecule has 0 aliphatic heterocycles. The number of sulfonamides is 1. The summed E-state index contributed by atoms with van der Waals surface area (Å²) in [5.41, 5.74) is 5.09. The van der Waals surface area contributed by atoms with Gasteiger partial charge in [0.25, 0.3) is 0 Å². The van der Waals surface area contributed by atoms with Gasteiger partial charge in [0.05, 0.1) is 15.7 Å². The number of nitrogens with one attached hydrogen (secondary N) is 1. The van der Waals surface area contributed by atoms with Crippen molar-refractivity contribution in [2.24, 2.45) is 0 Å². The number of aromatic nitrogens is 1. The van der Waals surface area contributed by atoms with Crippen LogP contribution in [0.2, 0.25) is 5.02 Å². The number of halogens is 2. The lowest BCUT2D eigenvalue weighted by Crippen LogP contribution is -2.26. The van der Waals surface area contributed by atoms with Crippen molar-refractivity contribution in [3.8, 4) is 0 Å². The Morgan fingerprint density at radius 1 is 1.45 bits per heavy atom. The minimum atomic E-state index is -3.84. The number of hydrogen-bond donors (Lipinski definition) is 2. The van der Waals surface area contributed by atoms with Gasteiger partial charge in [0.15, 0.2) is 0 Å². The van der Waals surface area contributed by atoms with E-state index < -0.39 is 15.8 Å². The summed E-state index contributed by atoms with van der Waals surface area (Å²) in [6, 6.07) is 1.88. The van der Waals surface area contributed by atoms with Crippen molar-refractivity contribution in [3.63, 3.8) is 0 Å². The van der Waals surface area contributed by atoms with E-state index in [4.69, 9.17) is 17.3 Å². The van der Waals surface area contributed by atoms with Crippen molar-refractivity contribution < 1.29 is 12.8 Å². The van der Waals surface area contributed by atoms with Gasteiger partial charge >= 0.3 is 0 Å². The first kappa shape index (κ1) is 15.2. The van der Waals surface area contributed by atoms with Crippen molar-refractivity contribution in [1.82, 2.24) is 9.71 Å². The van der Waals surface area contributed by atoms with Crippen molar-refractivity contribution >= 4 is 38.6 Å². The summed E-state index contributed by atoms with van der Waals surface area (Å²) in [7, 11) is -3.84. The van der Waals surface area contributed by atoms with Gasteiger partial charge in [-0.1, -0.05) is 11.6 Å². The summed E-state index contributed by atoms with van der Waals surface area (Å²) < 4.78 is 39.6. The first-order chi connectivity index (χ1) is 9.40. The van der Waals surface area contributed by atoms with E-state index >= 15 is 0 Å². The van der Waals surface area contributed by atoms with Crippen LogP contribution in [0.15, 0.2) is 28.6 Å². The fourth-order valence-corrected chi connectivity index (χ4v) is 3.70. The van der Waals surface area contributed by atoms with Gasteiger partial charge in [-0.25, -0.2) is 22.5 Å². The second kappa shape index (κ2) is 6.04. The van der Waals surface area contributed by atoms with E-state index in [0.717, 1.165) is 17.1 Å². The molecule has 0 atom stereocenters. The standard InChI is InChI=1S/C11H11ClFN3O2S2/c12-7-5-8(13)9(14)6-10(7)20(17,18)16-2-1-11-15-3-4-19-11/h3-6,16H,1-2,14H2. The lowest BCUT2D eigenvalue weighted by Gasteiger charge is -2.09. The summed E-state index contributed by atoms with van der Waals surface area (Å²) in [6.45, 7) is 0.170. The molecule has 0 aliphatic rings. The largest absolute Gasteiger partial charge is 0.396 e. The maximum Gasteiger partial charge on any atom is 0.242 e. The highest BCUT2D eigenvalue weighted by molar-refractivity contribution is 7.89. The van der Waals surface area contributed by atoms with Gasteiger partial charge in [0, 0.05) is 24.5 Å². The number of benzene rings is 1. The summed E-state index contributed by atoms with van der Waals surface area (Å²) in [5.74, 6) is -0.753. The zero-order valence-corrected chi connectivity index (χ0v) is 12.5. The number of thiazole rings is 1. The van der Waals surface area contributed by atoms with Crippen LogP contribution in [0.1, 0.15) is 5.01 Å². The van der Waals surface area contributed by atoms with Crippen LogP contribution in [0.25, 0.3) is 0 Å². The second-order valence-electron chi connectivity index (χ2n) is 3.88. The molecule has 0 unspecified atom stereocenters. The third-order valence-corrected chi connectivity index (χ3v) is 5.22. The zero-order valence-electron chi connectivity index (χ0n) is 10.1. The van der Waals surface area contributed by atoms with Crippen LogP contribution >= 0.6 is 22.9 Å². The molecule has 2 rings (SSSR count). The third kappa shape index (κ3) is 3.45. The normalized spacial score (nSPS) is 11.7. The molecule has 1 aromatic heterocycles. The number of rotatable bonds is 5. The van der Waals surface area contributed by atoms with Gasteiger partial charge in [-0.15, -0.1) is 11.3 Å². The number of hydrogen-bond acceptors (Lipinski definition) is 5. The Bertz CT molecular complexity index is 705. The van der Waals surface area contributed by atoms with Crippen LogP contribution in [0.5, 0.6) is 0 Å². The highest BCUT2D eigenvalue weighted by Gasteiger charge is 2.19. The Morgan fingerprint density at radius 3 is 2.85 bits per heavy atom. The monoisotopic (exact) mass is 335 g/mol. The van der Waals surface area contributed by atoms with Crippen LogP contribution in [0.3, 0.4) is 0 Å². The van der Waals surface area contributed by atoms with E-state index in [2.05, 4.69) is 9.71 Å². The molecule has 1 heterocycles. The third-order valence-electron chi connectivity index (χ3n) is 2.46. The first-order valence-electron chi connectivity index (χ1n) is 5.52. The Labute approximate surface area is 124 Å². The number of nitrogens with two attached hydrogens (primary N) is 1. The molecule has 108 valence electrons. The first-order valence-corrected chi connectivity index (χ1v) is 8.27. The maximum atomic E-state index is 13.2. The fraction of sp³-hybridized carbons (Fsp3) is 0.182. The zero-order chi connectivity index (χ0) is 14.8. The molecular formula is C11H11ClFN3O2S2. The molecule has 0 spiro atoms. The molecule has 5 nitrogen and oxygen atoms in total. The summed E-state index contributed by atoms with van der Waals surface area (Å²) in [4.78, 5) is 3.80. The molecule has 0 amide bonds. The van der Waals surface area contributed by atoms with E-state index in [0.29, 0.717) is 6.42 Å². The summed E-state index contributed by atoms with van der Waals surface area (Å²) >= 11 is 7.17. The minimum Gasteiger partial charge on any atom is -0.396 e. The molecule has 1 aromatic carbocycles. The highest BCUT2D eigenvalue weighted by Crippen LogP contribution is 2.26. The molecule has 0 fully saturated rings. The minimum absolute atomic E-state index is 0.170. The molecule has 0 bridgehead atoms. The van der Waals surface area contributed by atoms with Crippen molar-refractivity contribution in [1.29, 1.82) is 0 Å². The van der Waals surface area contributed by atoms with Crippen LogP contribution in [0, 0.1) is 5.82 Å². The fourth-order valence-electron chi connectivity index (χ4n) is 1.50. The molecular weight excluding hydrogens is 325 g/mol. The Kier molecular flexibility index (Phi) is 4.59. The van der Waals surface area contributed by atoms with Gasteiger partial charge in [0.2, 0.25) is 10.0 Å². The molecule has 3 N–H and O–H groups in total. The van der Waals surface area contributed by atoms with Gasteiger partial charge < -0.3 is 5.73 Å². The lowest BCUT2D eigenvalue weighted by molar-refractivity contribution is 0.581. The van der Waals surface area contributed by atoms with E-state index in [1.165, 1.54) is 11.3 Å². The van der Waals surface area contributed by atoms with Crippen LogP contribution in [0.4, 0.5) is 10.1 Å². The number of nitrogen functional groups attached to an aromatic ring is 1. The molecule has 20 heavy (non-hydrogen) atoms. The second-order valence-corrected chi connectivity index (χ2v) is 7.00. The number of anilines is 1. The summed E-state index contributed by atoms with van der Waals surface area (Å²) in [5, 5.41) is 2.41. The molecule has 0 saturated carbocycles. The Hall–Kier alpha value is -1.22. The quantitative estimate of drug-likeness (QED) is 0.819. The van der Waals surface area contributed by atoms with Crippen LogP contribution in [-0.2, 0) is 16.4 Å².